The van der Waals surface area contributed by atoms with Crippen LogP contribution >= 0.6 is 0 Å². The zero-order valence-corrected chi connectivity index (χ0v) is 10.8. The van der Waals surface area contributed by atoms with Crippen molar-refractivity contribution in [3.63, 3.8) is 0 Å². The fourth-order valence-electron chi connectivity index (χ4n) is 2.53. The maximum Gasteiger partial charge on any atom is 0.325 e. The Morgan fingerprint density at radius 1 is 1.39 bits per heavy atom. The molecule has 0 aromatic heterocycles. The summed E-state index contributed by atoms with van der Waals surface area (Å²) in [6, 6.07) is 7.63. The van der Waals surface area contributed by atoms with Crippen molar-refractivity contribution in [1.29, 1.82) is 0 Å². The summed E-state index contributed by atoms with van der Waals surface area (Å²) in [5, 5.41) is 9.77. The van der Waals surface area contributed by atoms with E-state index < -0.39 is 12.1 Å². The molecule has 0 bridgehead atoms. The molecule has 98 valence electrons. The fourth-order valence-corrected chi connectivity index (χ4v) is 2.53. The van der Waals surface area contributed by atoms with Crippen molar-refractivity contribution in [3.8, 4) is 0 Å². The van der Waals surface area contributed by atoms with E-state index in [1.807, 2.05) is 17.0 Å². The van der Waals surface area contributed by atoms with E-state index in [-0.39, 0.29) is 5.97 Å². The number of rotatable bonds is 3. The molecule has 4 heteroatoms. The number of hydrogen-bond acceptors (Lipinski definition) is 4. The van der Waals surface area contributed by atoms with Crippen LogP contribution in [0.25, 0.3) is 0 Å². The van der Waals surface area contributed by atoms with E-state index in [0.29, 0.717) is 6.54 Å². The second kappa shape index (κ2) is 5.50. The highest BCUT2D eigenvalue weighted by Gasteiger charge is 2.33. The van der Waals surface area contributed by atoms with Crippen molar-refractivity contribution >= 4 is 5.97 Å². The molecule has 0 aliphatic carbocycles. The third kappa shape index (κ3) is 2.54. The minimum absolute atomic E-state index is 0.371. The molecule has 1 aromatic rings. The van der Waals surface area contributed by atoms with Crippen LogP contribution < -0.4 is 0 Å². The van der Waals surface area contributed by atoms with Gasteiger partial charge in [0.05, 0.1) is 13.2 Å². The van der Waals surface area contributed by atoms with Crippen LogP contribution in [0.4, 0.5) is 0 Å². The lowest BCUT2D eigenvalue weighted by atomic mass is 9.97. The first-order valence-corrected chi connectivity index (χ1v) is 6.20. The van der Waals surface area contributed by atoms with E-state index in [2.05, 4.69) is 12.1 Å². The Balaban J connectivity index is 2.18. The monoisotopic (exact) mass is 249 g/mol. The summed E-state index contributed by atoms with van der Waals surface area (Å²) in [4.78, 5) is 13.7. The molecular formula is C14H19NO3. The molecule has 0 saturated heterocycles. The first kappa shape index (κ1) is 13.1. The van der Waals surface area contributed by atoms with E-state index in [1.54, 1.807) is 6.92 Å². The number of carbonyl (C=O) groups is 1. The number of nitrogens with zero attached hydrogens (tertiary/aromatic N) is 1. The molecule has 0 saturated carbocycles. The Kier molecular flexibility index (Phi) is 3.99. The van der Waals surface area contributed by atoms with E-state index in [4.69, 9.17) is 4.74 Å². The second-order valence-electron chi connectivity index (χ2n) is 4.70. The molecule has 1 aliphatic rings. The summed E-state index contributed by atoms with van der Waals surface area (Å²) in [7, 11) is 1.36. The summed E-state index contributed by atoms with van der Waals surface area (Å²) in [6.45, 7) is 3.07. The van der Waals surface area contributed by atoms with Crippen LogP contribution in [0, 0.1) is 0 Å². The van der Waals surface area contributed by atoms with Crippen LogP contribution in [0.1, 0.15) is 18.1 Å². The topological polar surface area (TPSA) is 49.8 Å². The maximum absolute atomic E-state index is 11.7. The van der Waals surface area contributed by atoms with Crippen LogP contribution in [0.5, 0.6) is 0 Å². The molecule has 0 fully saturated rings. The molecule has 0 radical (unpaired) electrons. The molecule has 4 nitrogen and oxygen atoms in total. The molecule has 2 atom stereocenters. The van der Waals surface area contributed by atoms with E-state index in [9.17, 15) is 9.90 Å². The smallest absolute Gasteiger partial charge is 0.325 e. The number of benzene rings is 1. The van der Waals surface area contributed by atoms with Gasteiger partial charge in [-0.2, -0.15) is 0 Å². The van der Waals surface area contributed by atoms with Gasteiger partial charge < -0.3 is 9.84 Å². The van der Waals surface area contributed by atoms with Crippen molar-refractivity contribution < 1.29 is 14.6 Å². The van der Waals surface area contributed by atoms with Crippen LogP contribution in [-0.2, 0) is 22.5 Å². The average Bonchev–Trinajstić information content (AvgIpc) is 2.38. The third-order valence-corrected chi connectivity index (χ3v) is 3.45. The first-order chi connectivity index (χ1) is 8.63. The van der Waals surface area contributed by atoms with Gasteiger partial charge in [-0.05, 0) is 24.5 Å². The van der Waals surface area contributed by atoms with E-state index in [1.165, 1.54) is 18.2 Å². The number of ether oxygens (including phenoxy) is 1. The van der Waals surface area contributed by atoms with Gasteiger partial charge >= 0.3 is 5.97 Å². The maximum atomic E-state index is 11.7. The van der Waals surface area contributed by atoms with Crippen LogP contribution in [-0.4, -0.2) is 41.8 Å². The number of esters is 1. The molecule has 2 rings (SSSR count). The number of aliphatic hydroxyl groups excluding tert-OH is 1. The highest BCUT2D eigenvalue weighted by atomic mass is 16.5. The van der Waals surface area contributed by atoms with Crippen molar-refractivity contribution in [2.24, 2.45) is 0 Å². The highest BCUT2D eigenvalue weighted by molar-refractivity contribution is 5.76. The third-order valence-electron chi connectivity index (χ3n) is 3.45. The number of methoxy groups -OCH3 is 1. The van der Waals surface area contributed by atoms with Crippen molar-refractivity contribution in [2.45, 2.75) is 32.0 Å². The molecule has 0 spiro atoms. The van der Waals surface area contributed by atoms with E-state index >= 15 is 0 Å². The SMILES string of the molecule is COC(=O)[C@H]([C@@H](C)O)N1CCc2ccccc2C1. The van der Waals surface area contributed by atoms with Crippen molar-refractivity contribution in [1.82, 2.24) is 4.90 Å². The average molecular weight is 249 g/mol. The molecule has 18 heavy (non-hydrogen) atoms. The van der Waals surface area contributed by atoms with Crippen LogP contribution in [0.2, 0.25) is 0 Å². The van der Waals surface area contributed by atoms with Crippen molar-refractivity contribution in [2.75, 3.05) is 13.7 Å². The van der Waals surface area contributed by atoms with Crippen molar-refractivity contribution in [3.05, 3.63) is 35.4 Å². The quantitative estimate of drug-likeness (QED) is 0.811. The Labute approximate surface area is 107 Å². The largest absolute Gasteiger partial charge is 0.468 e. The summed E-state index contributed by atoms with van der Waals surface area (Å²) >= 11 is 0. The highest BCUT2D eigenvalue weighted by Crippen LogP contribution is 2.21. The van der Waals surface area contributed by atoms with Gasteiger partial charge in [0.15, 0.2) is 0 Å². The van der Waals surface area contributed by atoms with E-state index in [0.717, 1.165) is 13.0 Å². The summed E-state index contributed by atoms with van der Waals surface area (Å²) < 4.78 is 4.77. The van der Waals surface area contributed by atoms with Gasteiger partial charge in [-0.15, -0.1) is 0 Å². The molecular weight excluding hydrogens is 230 g/mol. The number of carbonyl (C=O) groups excluding carboxylic acids is 1. The lowest BCUT2D eigenvalue weighted by Crippen LogP contribution is -2.50. The molecule has 1 N–H and O–H groups in total. The van der Waals surface area contributed by atoms with Gasteiger partial charge in [0, 0.05) is 13.1 Å². The Morgan fingerprint density at radius 3 is 2.67 bits per heavy atom. The van der Waals surface area contributed by atoms with Crippen LogP contribution in [0.3, 0.4) is 0 Å². The van der Waals surface area contributed by atoms with Gasteiger partial charge in [-0.25, -0.2) is 0 Å². The minimum atomic E-state index is -0.734. The lowest BCUT2D eigenvalue weighted by Gasteiger charge is -2.35. The van der Waals surface area contributed by atoms with Gasteiger partial charge in [-0.3, -0.25) is 9.69 Å². The van der Waals surface area contributed by atoms with Gasteiger partial charge in [0.1, 0.15) is 6.04 Å². The summed E-state index contributed by atoms with van der Waals surface area (Å²) in [5.74, 6) is -0.371. The molecule has 1 aliphatic heterocycles. The van der Waals surface area contributed by atoms with Gasteiger partial charge in [0.25, 0.3) is 0 Å². The summed E-state index contributed by atoms with van der Waals surface area (Å²) in [6.07, 6.45) is 0.166. The van der Waals surface area contributed by atoms with Gasteiger partial charge in [-0.1, -0.05) is 24.3 Å². The standard InChI is InChI=1S/C14H19NO3/c1-10(16)13(14(17)18-2)15-8-7-11-5-3-4-6-12(11)9-15/h3-6,10,13,16H,7-9H2,1-2H3/t10-,13+/m1/s1. The normalized spacial score (nSPS) is 18.8. The predicted molar refractivity (Wildman–Crippen MR) is 68.0 cm³/mol. The molecule has 1 aromatic carbocycles. The number of fused-ring (bicyclic) bond motifs is 1. The number of aliphatic hydroxyl groups is 1. The number of hydrogen-bond donors (Lipinski definition) is 1. The molecule has 0 amide bonds. The zero-order chi connectivity index (χ0) is 13.1. The summed E-state index contributed by atoms with van der Waals surface area (Å²) in [5.41, 5.74) is 2.54. The molecule has 1 heterocycles. The first-order valence-electron chi connectivity index (χ1n) is 6.20. The minimum Gasteiger partial charge on any atom is -0.468 e. The fraction of sp³-hybridized carbons (Fsp3) is 0.500. The van der Waals surface area contributed by atoms with Crippen LogP contribution in [0.15, 0.2) is 24.3 Å². The Hall–Kier alpha value is -1.39. The zero-order valence-electron chi connectivity index (χ0n) is 10.8. The molecule has 0 unspecified atom stereocenters. The Bertz CT molecular complexity index is 431. The lowest BCUT2D eigenvalue weighted by molar-refractivity contribution is -0.151. The van der Waals surface area contributed by atoms with Gasteiger partial charge in [0.2, 0.25) is 0 Å². The Morgan fingerprint density at radius 2 is 2.06 bits per heavy atom. The second-order valence-corrected chi connectivity index (χ2v) is 4.70. The predicted octanol–water partition coefficient (Wildman–Crippen LogP) is 0.967.